The lowest BCUT2D eigenvalue weighted by molar-refractivity contribution is 0.219. The number of hydrogen-bond donors (Lipinski definition) is 1. The minimum Gasteiger partial charge on any atom is -0.367 e. The summed E-state index contributed by atoms with van der Waals surface area (Å²) in [4.78, 5) is 2.71. The molecule has 3 aliphatic rings. The molecule has 2 nitrogen and oxygen atoms in total. The zero-order chi connectivity index (χ0) is 15.5. The van der Waals surface area contributed by atoms with E-state index in [1.807, 2.05) is 0 Å². The van der Waals surface area contributed by atoms with Crippen molar-refractivity contribution < 1.29 is 0 Å². The van der Waals surface area contributed by atoms with E-state index in [9.17, 15) is 0 Å². The van der Waals surface area contributed by atoms with E-state index < -0.39 is 0 Å². The Morgan fingerprint density at radius 2 is 1.87 bits per heavy atom. The molecule has 0 saturated carbocycles. The minimum absolute atomic E-state index is 0.630. The van der Waals surface area contributed by atoms with Gasteiger partial charge in [-0.1, -0.05) is 42.8 Å². The molecule has 0 amide bonds. The van der Waals surface area contributed by atoms with Crippen molar-refractivity contribution in [2.24, 2.45) is 0 Å². The van der Waals surface area contributed by atoms with Gasteiger partial charge in [-0.25, -0.2) is 0 Å². The molecule has 1 aliphatic heterocycles. The molecular weight excluding hydrogens is 280 g/mol. The fourth-order valence-corrected chi connectivity index (χ4v) is 4.35. The van der Waals surface area contributed by atoms with Crippen LogP contribution in [0.4, 0.5) is 0 Å². The Kier molecular flexibility index (Phi) is 4.52. The largest absolute Gasteiger partial charge is 0.367 e. The molecule has 1 aromatic carbocycles. The van der Waals surface area contributed by atoms with E-state index >= 15 is 0 Å². The molecule has 1 aromatic rings. The second-order valence-electron chi connectivity index (χ2n) is 7.24. The smallest absolute Gasteiger partial charge is 0.0371 e. The molecule has 0 spiro atoms. The van der Waals surface area contributed by atoms with Crippen molar-refractivity contribution in [1.82, 2.24) is 10.2 Å². The van der Waals surface area contributed by atoms with E-state index in [0.717, 1.165) is 6.54 Å². The first-order valence-corrected chi connectivity index (χ1v) is 9.33. The second-order valence-corrected chi connectivity index (χ2v) is 7.24. The van der Waals surface area contributed by atoms with Gasteiger partial charge in [-0.15, -0.1) is 0 Å². The highest BCUT2D eigenvalue weighted by atomic mass is 15.2. The second kappa shape index (κ2) is 6.92. The molecule has 2 heteroatoms. The lowest BCUT2D eigenvalue weighted by Crippen LogP contribution is -2.47. The average Bonchev–Trinajstić information content (AvgIpc) is 3.05. The van der Waals surface area contributed by atoms with Gasteiger partial charge in [0, 0.05) is 24.3 Å². The Labute approximate surface area is 140 Å². The number of piperidine rings is 1. The third kappa shape index (κ3) is 3.37. The van der Waals surface area contributed by atoms with Crippen LogP contribution in [-0.2, 0) is 12.8 Å². The lowest BCUT2D eigenvalue weighted by Gasteiger charge is -2.37. The Morgan fingerprint density at radius 1 is 1.04 bits per heavy atom. The van der Waals surface area contributed by atoms with Crippen LogP contribution in [0.3, 0.4) is 0 Å². The topological polar surface area (TPSA) is 15.3 Å². The molecule has 4 rings (SSSR count). The third-order valence-corrected chi connectivity index (χ3v) is 5.61. The molecule has 122 valence electrons. The maximum Gasteiger partial charge on any atom is 0.0371 e. The zero-order valence-electron chi connectivity index (χ0n) is 14.0. The minimum atomic E-state index is 0.630. The van der Waals surface area contributed by atoms with Gasteiger partial charge in [0.1, 0.15) is 0 Å². The van der Waals surface area contributed by atoms with Crippen molar-refractivity contribution in [1.29, 1.82) is 0 Å². The summed E-state index contributed by atoms with van der Waals surface area (Å²) in [6, 6.07) is 10.3. The van der Waals surface area contributed by atoms with Gasteiger partial charge < -0.3 is 10.2 Å². The van der Waals surface area contributed by atoms with Crippen LogP contribution in [0.1, 0.15) is 43.2 Å². The van der Waals surface area contributed by atoms with E-state index in [0.29, 0.717) is 12.1 Å². The van der Waals surface area contributed by atoms with Crippen LogP contribution in [0.5, 0.6) is 0 Å². The fraction of sp³-hybridized carbons (Fsp3) is 0.524. The lowest BCUT2D eigenvalue weighted by atomic mass is 10.0. The summed E-state index contributed by atoms with van der Waals surface area (Å²) in [5.41, 5.74) is 4.57. The molecule has 0 bridgehead atoms. The zero-order valence-corrected chi connectivity index (χ0v) is 14.0. The Balaban J connectivity index is 1.53. The fourth-order valence-electron chi connectivity index (χ4n) is 4.35. The Morgan fingerprint density at radius 3 is 2.52 bits per heavy atom. The third-order valence-electron chi connectivity index (χ3n) is 5.61. The number of allylic oxidation sites excluding steroid dienone is 3. The van der Waals surface area contributed by atoms with Crippen molar-refractivity contribution in [2.45, 2.75) is 57.0 Å². The van der Waals surface area contributed by atoms with Crippen molar-refractivity contribution in [3.63, 3.8) is 0 Å². The molecule has 1 heterocycles. The molecule has 23 heavy (non-hydrogen) atoms. The van der Waals surface area contributed by atoms with Crippen LogP contribution in [0.25, 0.3) is 0 Å². The molecule has 0 radical (unpaired) electrons. The van der Waals surface area contributed by atoms with E-state index in [4.69, 9.17) is 0 Å². The normalized spacial score (nSPS) is 24.3. The van der Waals surface area contributed by atoms with Crippen LogP contribution < -0.4 is 5.32 Å². The molecule has 0 aromatic heterocycles. The van der Waals surface area contributed by atoms with Crippen molar-refractivity contribution in [3.8, 4) is 0 Å². The van der Waals surface area contributed by atoms with E-state index in [1.54, 1.807) is 11.1 Å². The van der Waals surface area contributed by atoms with Gasteiger partial charge in [-0.3, -0.25) is 0 Å². The van der Waals surface area contributed by atoms with Crippen molar-refractivity contribution in [2.75, 3.05) is 13.1 Å². The molecule has 1 atom stereocenters. The highest BCUT2D eigenvalue weighted by Crippen LogP contribution is 2.29. The van der Waals surface area contributed by atoms with E-state index in [1.165, 1.54) is 57.2 Å². The van der Waals surface area contributed by atoms with E-state index in [2.05, 4.69) is 52.7 Å². The number of benzene rings is 1. The monoisotopic (exact) mass is 308 g/mol. The predicted molar refractivity (Wildman–Crippen MR) is 96.4 cm³/mol. The summed E-state index contributed by atoms with van der Waals surface area (Å²) in [7, 11) is 0. The number of nitrogens with zero attached hydrogens (tertiary/aromatic N) is 1. The quantitative estimate of drug-likeness (QED) is 0.909. The number of hydrogen-bond acceptors (Lipinski definition) is 2. The SMILES string of the molecule is C1=CC(N(CC2CCCCN2)C2Cc3ccccc3C2)=CCC1. The Bertz CT molecular complexity index is 571. The predicted octanol–water partition coefficient (Wildman–Crippen LogP) is 3.83. The van der Waals surface area contributed by atoms with Crippen LogP contribution >= 0.6 is 0 Å². The van der Waals surface area contributed by atoms with Crippen LogP contribution in [0.15, 0.2) is 48.2 Å². The van der Waals surface area contributed by atoms with Crippen LogP contribution in [0.2, 0.25) is 0 Å². The summed E-state index contributed by atoms with van der Waals surface area (Å²) >= 11 is 0. The Hall–Kier alpha value is -1.54. The standard InChI is InChI=1S/C21H28N2/c1-2-11-20(12-3-1)23(16-19-10-6-7-13-22-19)21-14-17-8-4-5-9-18(17)15-21/h2,4-5,8-9,11-12,19,21-22H,1,3,6-7,10,13-16H2. The summed E-state index contributed by atoms with van der Waals surface area (Å²) in [5.74, 6) is 0. The van der Waals surface area contributed by atoms with Gasteiger partial charge in [0.05, 0.1) is 0 Å². The summed E-state index contributed by atoms with van der Waals surface area (Å²) in [6.45, 7) is 2.35. The maximum absolute atomic E-state index is 3.74. The molecule has 1 unspecified atom stereocenters. The van der Waals surface area contributed by atoms with Gasteiger partial charge in [0.25, 0.3) is 0 Å². The highest BCUT2D eigenvalue weighted by molar-refractivity contribution is 5.35. The van der Waals surface area contributed by atoms with Crippen LogP contribution in [-0.4, -0.2) is 30.1 Å². The highest BCUT2D eigenvalue weighted by Gasteiger charge is 2.29. The van der Waals surface area contributed by atoms with Gasteiger partial charge in [0.2, 0.25) is 0 Å². The first kappa shape index (κ1) is 15.0. The summed E-state index contributed by atoms with van der Waals surface area (Å²) in [6.07, 6.45) is 16.0. The first-order valence-electron chi connectivity index (χ1n) is 9.33. The molecular formula is C21H28N2. The van der Waals surface area contributed by atoms with Gasteiger partial charge in [-0.2, -0.15) is 0 Å². The van der Waals surface area contributed by atoms with Gasteiger partial charge in [-0.05, 0) is 62.3 Å². The summed E-state index contributed by atoms with van der Waals surface area (Å²) in [5, 5.41) is 3.74. The number of fused-ring (bicyclic) bond motifs is 1. The number of nitrogens with one attached hydrogen (secondary N) is 1. The van der Waals surface area contributed by atoms with Crippen molar-refractivity contribution in [3.05, 3.63) is 59.3 Å². The molecule has 1 saturated heterocycles. The van der Waals surface area contributed by atoms with E-state index in [-0.39, 0.29) is 0 Å². The molecule has 2 aliphatic carbocycles. The van der Waals surface area contributed by atoms with Crippen molar-refractivity contribution >= 4 is 0 Å². The summed E-state index contributed by atoms with van der Waals surface area (Å²) < 4.78 is 0. The maximum atomic E-state index is 3.74. The van der Waals surface area contributed by atoms with Gasteiger partial charge in [0.15, 0.2) is 0 Å². The number of rotatable bonds is 4. The van der Waals surface area contributed by atoms with Gasteiger partial charge >= 0.3 is 0 Å². The average molecular weight is 308 g/mol. The van der Waals surface area contributed by atoms with Crippen LogP contribution in [0, 0.1) is 0 Å². The first-order chi connectivity index (χ1) is 11.4. The molecule has 1 N–H and O–H groups in total. The molecule has 1 fully saturated rings.